The number of rotatable bonds is 8. The van der Waals surface area contributed by atoms with Gasteiger partial charge < -0.3 is 9.64 Å². The molecule has 2 aliphatic rings. The number of carbonyl (C=O) groups excluding carboxylic acids is 1. The summed E-state index contributed by atoms with van der Waals surface area (Å²) < 4.78 is 8.06. The first-order chi connectivity index (χ1) is 15.6. The third-order valence-corrected chi connectivity index (χ3v) is 6.78. The van der Waals surface area contributed by atoms with Crippen molar-refractivity contribution in [1.29, 1.82) is 0 Å². The van der Waals surface area contributed by atoms with Gasteiger partial charge in [-0.1, -0.05) is 60.5 Å². The number of aryl methyl sites for hydroxylation is 1. The molecule has 32 heavy (non-hydrogen) atoms. The van der Waals surface area contributed by atoms with Gasteiger partial charge in [-0.3, -0.25) is 4.79 Å². The lowest BCUT2D eigenvalue weighted by Gasteiger charge is -2.32. The molecule has 6 heteroatoms. The Morgan fingerprint density at radius 2 is 1.81 bits per heavy atom. The van der Waals surface area contributed by atoms with E-state index in [-0.39, 0.29) is 11.8 Å². The van der Waals surface area contributed by atoms with E-state index in [1.807, 2.05) is 66.5 Å². The summed E-state index contributed by atoms with van der Waals surface area (Å²) >= 11 is 6.38. The van der Waals surface area contributed by atoms with Gasteiger partial charge in [-0.2, -0.15) is 5.10 Å². The highest BCUT2D eigenvalue weighted by molar-refractivity contribution is 6.32. The van der Waals surface area contributed by atoms with Crippen molar-refractivity contribution in [2.24, 2.45) is 18.9 Å². The van der Waals surface area contributed by atoms with Gasteiger partial charge >= 0.3 is 0 Å². The van der Waals surface area contributed by atoms with Crippen LogP contribution in [-0.2, 0) is 18.4 Å². The average Bonchev–Trinajstić information content (AvgIpc) is 3.53. The predicted octanol–water partition coefficient (Wildman–Crippen LogP) is 6.07. The second-order valence-electron chi connectivity index (χ2n) is 8.94. The molecule has 166 valence electrons. The maximum atomic E-state index is 13.3. The summed E-state index contributed by atoms with van der Waals surface area (Å²) in [6.07, 6.45) is 5.56. The number of halogens is 1. The molecule has 2 saturated carbocycles. The Morgan fingerprint density at radius 3 is 2.47 bits per heavy atom. The third kappa shape index (κ3) is 4.40. The van der Waals surface area contributed by atoms with Gasteiger partial charge in [-0.25, -0.2) is 4.68 Å². The Labute approximate surface area is 193 Å². The number of ether oxygens (including phenoxy) is 1. The number of benzene rings is 2. The highest BCUT2D eigenvalue weighted by Crippen LogP contribution is 2.39. The van der Waals surface area contributed by atoms with Gasteiger partial charge in [0.15, 0.2) is 0 Å². The first-order valence-electron chi connectivity index (χ1n) is 11.4. The monoisotopic (exact) mass is 449 g/mol. The van der Waals surface area contributed by atoms with E-state index in [0.29, 0.717) is 29.1 Å². The molecule has 2 fully saturated rings. The molecule has 2 aliphatic carbocycles. The topological polar surface area (TPSA) is 47.4 Å². The van der Waals surface area contributed by atoms with Crippen LogP contribution in [0.15, 0.2) is 54.6 Å². The van der Waals surface area contributed by atoms with Crippen LogP contribution >= 0.6 is 11.6 Å². The van der Waals surface area contributed by atoms with E-state index in [9.17, 15) is 4.79 Å². The molecule has 0 atom stereocenters. The molecule has 1 aromatic heterocycles. The third-order valence-electron chi connectivity index (χ3n) is 6.47. The minimum atomic E-state index is 0.165. The van der Waals surface area contributed by atoms with Crippen molar-refractivity contribution in [3.05, 3.63) is 65.2 Å². The predicted molar refractivity (Wildman–Crippen MR) is 126 cm³/mol. The fourth-order valence-corrected chi connectivity index (χ4v) is 4.41. The molecule has 2 aromatic carbocycles. The van der Waals surface area contributed by atoms with Crippen LogP contribution in [0.1, 0.15) is 37.7 Å². The quantitative estimate of drug-likeness (QED) is 0.419. The van der Waals surface area contributed by atoms with Crippen molar-refractivity contribution < 1.29 is 9.53 Å². The number of aromatic nitrogens is 2. The van der Waals surface area contributed by atoms with E-state index in [1.54, 1.807) is 4.68 Å². The Bertz CT molecular complexity index is 1100. The summed E-state index contributed by atoms with van der Waals surface area (Å²) in [6, 6.07) is 17.5. The summed E-state index contributed by atoms with van der Waals surface area (Å²) in [5.41, 5.74) is 2.78. The van der Waals surface area contributed by atoms with Crippen molar-refractivity contribution in [1.82, 2.24) is 14.7 Å². The van der Waals surface area contributed by atoms with Gasteiger partial charge in [0.25, 0.3) is 0 Å². The Balaban J connectivity index is 1.54. The molecular weight excluding hydrogens is 422 g/mol. The molecular formula is C26H28ClN3O2. The highest BCUT2D eigenvalue weighted by Gasteiger charge is 2.34. The van der Waals surface area contributed by atoms with Gasteiger partial charge in [0.2, 0.25) is 11.8 Å². The van der Waals surface area contributed by atoms with Crippen LogP contribution in [-0.4, -0.2) is 27.1 Å². The molecule has 5 rings (SSSR count). The normalized spacial score (nSPS) is 15.9. The number of nitrogens with zero attached hydrogens (tertiary/aromatic N) is 3. The van der Waals surface area contributed by atoms with Crippen LogP contribution in [0.3, 0.4) is 0 Å². The molecule has 0 spiro atoms. The Morgan fingerprint density at radius 1 is 1.09 bits per heavy atom. The standard InChI is InChI=1S/C26H28ClN3O2/c1-29-26(32-23-13-6-5-12-22(23)27)21(24(28-29)19-8-3-2-4-9-19)17-30(16-18-14-15-18)25(31)20-10-7-11-20/h2-6,8-9,12-13,18,20H,7,10-11,14-17H2,1H3. The van der Waals surface area contributed by atoms with Gasteiger partial charge in [0.05, 0.1) is 17.1 Å². The van der Waals surface area contributed by atoms with Gasteiger partial charge in [0, 0.05) is 25.1 Å². The number of hydrogen-bond acceptors (Lipinski definition) is 3. The molecule has 5 nitrogen and oxygen atoms in total. The zero-order chi connectivity index (χ0) is 22.1. The number of carbonyl (C=O) groups is 1. The van der Waals surface area contributed by atoms with Crippen molar-refractivity contribution in [3.63, 3.8) is 0 Å². The molecule has 0 aliphatic heterocycles. The van der Waals surface area contributed by atoms with Crippen LogP contribution < -0.4 is 4.74 Å². The summed E-state index contributed by atoms with van der Waals surface area (Å²) in [5.74, 6) is 2.26. The average molecular weight is 450 g/mol. The minimum Gasteiger partial charge on any atom is -0.437 e. The summed E-state index contributed by atoms with van der Waals surface area (Å²) in [5, 5.41) is 5.35. The van der Waals surface area contributed by atoms with E-state index < -0.39 is 0 Å². The number of para-hydroxylation sites is 1. The van der Waals surface area contributed by atoms with Crippen molar-refractivity contribution >= 4 is 17.5 Å². The fraction of sp³-hybridized carbons (Fsp3) is 0.385. The molecule has 0 unspecified atom stereocenters. The lowest BCUT2D eigenvalue weighted by Crippen LogP contribution is -2.39. The summed E-state index contributed by atoms with van der Waals surface area (Å²) in [6.45, 7) is 1.30. The SMILES string of the molecule is Cn1nc(-c2ccccc2)c(CN(CC2CC2)C(=O)C2CCC2)c1Oc1ccccc1Cl. The highest BCUT2D eigenvalue weighted by atomic mass is 35.5. The van der Waals surface area contributed by atoms with Crippen LogP contribution in [0.25, 0.3) is 11.3 Å². The smallest absolute Gasteiger partial charge is 0.225 e. The lowest BCUT2D eigenvalue weighted by molar-refractivity contribution is -0.139. The lowest BCUT2D eigenvalue weighted by atomic mass is 9.84. The molecule has 1 heterocycles. The van der Waals surface area contributed by atoms with E-state index in [0.717, 1.165) is 42.6 Å². The van der Waals surface area contributed by atoms with E-state index >= 15 is 0 Å². The van der Waals surface area contributed by atoms with E-state index in [2.05, 4.69) is 0 Å². The second-order valence-corrected chi connectivity index (χ2v) is 9.35. The van der Waals surface area contributed by atoms with Crippen LogP contribution in [0.5, 0.6) is 11.6 Å². The largest absolute Gasteiger partial charge is 0.437 e. The molecule has 0 bridgehead atoms. The van der Waals surface area contributed by atoms with Crippen molar-refractivity contribution in [3.8, 4) is 22.9 Å². The van der Waals surface area contributed by atoms with Gasteiger partial charge in [-0.15, -0.1) is 0 Å². The van der Waals surface area contributed by atoms with Crippen molar-refractivity contribution in [2.45, 2.75) is 38.6 Å². The maximum Gasteiger partial charge on any atom is 0.225 e. The van der Waals surface area contributed by atoms with Crippen LogP contribution in [0.4, 0.5) is 0 Å². The zero-order valence-electron chi connectivity index (χ0n) is 18.3. The minimum absolute atomic E-state index is 0.165. The second kappa shape index (κ2) is 8.99. The zero-order valence-corrected chi connectivity index (χ0v) is 19.1. The number of hydrogen-bond donors (Lipinski definition) is 0. The molecule has 0 saturated heterocycles. The van der Waals surface area contributed by atoms with Gasteiger partial charge in [0.1, 0.15) is 11.4 Å². The maximum absolute atomic E-state index is 13.3. The number of amides is 1. The molecule has 0 radical (unpaired) electrons. The Kier molecular flexibility index (Phi) is 5.92. The van der Waals surface area contributed by atoms with Crippen molar-refractivity contribution in [2.75, 3.05) is 6.54 Å². The summed E-state index contributed by atoms with van der Waals surface area (Å²) in [4.78, 5) is 15.4. The van der Waals surface area contributed by atoms with E-state index in [4.69, 9.17) is 21.4 Å². The first-order valence-corrected chi connectivity index (χ1v) is 11.8. The molecule has 1 amide bonds. The van der Waals surface area contributed by atoms with Crippen LogP contribution in [0.2, 0.25) is 5.02 Å². The Hall–Kier alpha value is -2.79. The fourth-order valence-electron chi connectivity index (χ4n) is 4.23. The van der Waals surface area contributed by atoms with Crippen LogP contribution in [0, 0.1) is 11.8 Å². The van der Waals surface area contributed by atoms with E-state index in [1.165, 1.54) is 12.8 Å². The molecule has 0 N–H and O–H groups in total. The summed E-state index contributed by atoms with van der Waals surface area (Å²) in [7, 11) is 1.88. The first kappa shape index (κ1) is 21.1. The molecule has 3 aromatic rings. The van der Waals surface area contributed by atoms with Gasteiger partial charge in [-0.05, 0) is 43.7 Å².